The molecule has 0 radical (unpaired) electrons. The number of hydrogen-bond acceptors (Lipinski definition) is 4. The lowest BCUT2D eigenvalue weighted by Crippen LogP contribution is -2.36. The Hall–Kier alpha value is -0.910. The van der Waals surface area contributed by atoms with Crippen molar-refractivity contribution in [3.8, 4) is 0 Å². The maximum atomic E-state index is 11.4. The number of benzene rings is 1. The van der Waals surface area contributed by atoms with Crippen LogP contribution in [0, 0.1) is 6.92 Å². The molecule has 0 aliphatic carbocycles. The van der Waals surface area contributed by atoms with Crippen LogP contribution in [0.15, 0.2) is 24.3 Å². The van der Waals surface area contributed by atoms with E-state index in [1.165, 1.54) is 0 Å². The van der Waals surface area contributed by atoms with E-state index >= 15 is 0 Å². The second-order valence-corrected chi connectivity index (χ2v) is 6.26. The van der Waals surface area contributed by atoms with Gasteiger partial charge in [-0.15, -0.1) is 0 Å². The van der Waals surface area contributed by atoms with Crippen LogP contribution in [0.5, 0.6) is 0 Å². The van der Waals surface area contributed by atoms with Gasteiger partial charge in [-0.05, 0) is 12.5 Å². The number of aryl methyl sites for hydroxylation is 1. The minimum atomic E-state index is -3.35. The number of sulfone groups is 1. The summed E-state index contributed by atoms with van der Waals surface area (Å²) in [6.07, 6.45) is 1.09. The molecular formula is C11H17NO3S. The molecule has 0 saturated carbocycles. The molecule has 0 aliphatic rings. The Bertz CT molecular complexity index is 456. The lowest BCUT2D eigenvalue weighted by atomic mass is 10.0. The zero-order valence-electron chi connectivity index (χ0n) is 9.42. The first kappa shape index (κ1) is 13.2. The first-order chi connectivity index (χ1) is 7.36. The van der Waals surface area contributed by atoms with Crippen LogP contribution in [0.25, 0.3) is 0 Å². The summed E-state index contributed by atoms with van der Waals surface area (Å²) in [5.41, 5.74) is 7.60. The van der Waals surface area contributed by atoms with E-state index in [1.54, 1.807) is 6.07 Å². The SMILES string of the molecule is Cc1cccc([C@@H](N)[C@@H](CO)S(C)(=O)=O)c1. The van der Waals surface area contributed by atoms with Gasteiger partial charge in [-0.1, -0.05) is 29.8 Å². The number of aliphatic hydroxyl groups is 1. The van der Waals surface area contributed by atoms with Gasteiger partial charge in [0.15, 0.2) is 9.84 Å². The van der Waals surface area contributed by atoms with E-state index in [0.717, 1.165) is 17.4 Å². The third-order valence-electron chi connectivity index (χ3n) is 2.56. The molecule has 0 bridgehead atoms. The van der Waals surface area contributed by atoms with Crippen molar-refractivity contribution in [1.82, 2.24) is 0 Å². The van der Waals surface area contributed by atoms with Crippen molar-refractivity contribution in [2.75, 3.05) is 12.9 Å². The number of aliphatic hydroxyl groups excluding tert-OH is 1. The summed E-state index contributed by atoms with van der Waals surface area (Å²) in [4.78, 5) is 0. The molecule has 16 heavy (non-hydrogen) atoms. The molecule has 0 aromatic heterocycles. The van der Waals surface area contributed by atoms with Crippen LogP contribution in [0.2, 0.25) is 0 Å². The van der Waals surface area contributed by atoms with Crippen molar-refractivity contribution in [3.63, 3.8) is 0 Å². The predicted octanol–water partition coefficient (Wildman–Crippen LogP) is 0.400. The zero-order chi connectivity index (χ0) is 12.3. The molecule has 5 heteroatoms. The summed E-state index contributed by atoms with van der Waals surface area (Å²) >= 11 is 0. The van der Waals surface area contributed by atoms with Gasteiger partial charge in [0.1, 0.15) is 5.25 Å². The normalized spacial score (nSPS) is 15.8. The molecule has 0 unspecified atom stereocenters. The highest BCUT2D eigenvalue weighted by Gasteiger charge is 2.28. The Labute approximate surface area is 96.0 Å². The molecule has 1 aromatic rings. The van der Waals surface area contributed by atoms with Gasteiger partial charge in [-0.3, -0.25) is 0 Å². The molecule has 0 saturated heterocycles. The van der Waals surface area contributed by atoms with Crippen molar-refractivity contribution in [2.45, 2.75) is 18.2 Å². The fourth-order valence-electron chi connectivity index (χ4n) is 1.61. The molecule has 4 nitrogen and oxygen atoms in total. The quantitative estimate of drug-likeness (QED) is 0.802. The molecule has 1 rings (SSSR count). The lowest BCUT2D eigenvalue weighted by Gasteiger charge is -2.20. The maximum absolute atomic E-state index is 11.4. The Morgan fingerprint density at radius 2 is 2.06 bits per heavy atom. The number of rotatable bonds is 4. The van der Waals surface area contributed by atoms with E-state index in [0.29, 0.717) is 0 Å². The highest BCUT2D eigenvalue weighted by Crippen LogP contribution is 2.20. The van der Waals surface area contributed by atoms with E-state index in [9.17, 15) is 8.42 Å². The third-order valence-corrected chi connectivity index (χ3v) is 4.10. The van der Waals surface area contributed by atoms with Crippen molar-refractivity contribution in [3.05, 3.63) is 35.4 Å². The summed E-state index contributed by atoms with van der Waals surface area (Å²) in [7, 11) is -3.35. The molecule has 90 valence electrons. The predicted molar refractivity (Wildman–Crippen MR) is 63.8 cm³/mol. The molecular weight excluding hydrogens is 226 g/mol. The Morgan fingerprint density at radius 1 is 1.44 bits per heavy atom. The van der Waals surface area contributed by atoms with Gasteiger partial charge in [0, 0.05) is 12.3 Å². The monoisotopic (exact) mass is 243 g/mol. The van der Waals surface area contributed by atoms with Crippen LogP contribution in [-0.2, 0) is 9.84 Å². The maximum Gasteiger partial charge on any atom is 0.154 e. The first-order valence-electron chi connectivity index (χ1n) is 4.98. The fourth-order valence-corrected chi connectivity index (χ4v) is 2.57. The van der Waals surface area contributed by atoms with Gasteiger partial charge < -0.3 is 10.8 Å². The summed E-state index contributed by atoms with van der Waals surface area (Å²) in [5, 5.41) is 8.15. The number of hydrogen-bond donors (Lipinski definition) is 2. The summed E-state index contributed by atoms with van der Waals surface area (Å²) in [5.74, 6) is 0. The molecule has 0 amide bonds. The Balaban J connectivity index is 3.05. The van der Waals surface area contributed by atoms with E-state index in [1.807, 2.05) is 25.1 Å². The van der Waals surface area contributed by atoms with Crippen LogP contribution >= 0.6 is 0 Å². The third kappa shape index (κ3) is 3.04. The smallest absolute Gasteiger partial charge is 0.154 e. The van der Waals surface area contributed by atoms with Gasteiger partial charge in [0.05, 0.1) is 6.61 Å². The van der Waals surface area contributed by atoms with Crippen molar-refractivity contribution >= 4 is 9.84 Å². The minimum absolute atomic E-state index is 0.464. The largest absolute Gasteiger partial charge is 0.395 e. The molecule has 0 spiro atoms. The molecule has 0 aliphatic heterocycles. The van der Waals surface area contributed by atoms with Gasteiger partial charge in [-0.25, -0.2) is 8.42 Å². The van der Waals surface area contributed by atoms with Gasteiger partial charge in [0.25, 0.3) is 0 Å². The summed E-state index contributed by atoms with van der Waals surface area (Å²) in [6, 6.07) is 6.63. The molecule has 0 heterocycles. The van der Waals surface area contributed by atoms with Crippen molar-refractivity contribution < 1.29 is 13.5 Å². The Morgan fingerprint density at radius 3 is 2.50 bits per heavy atom. The number of nitrogens with two attached hydrogens (primary N) is 1. The van der Waals surface area contributed by atoms with Crippen LogP contribution in [0.4, 0.5) is 0 Å². The van der Waals surface area contributed by atoms with Gasteiger partial charge in [0.2, 0.25) is 0 Å². The van der Waals surface area contributed by atoms with Crippen LogP contribution in [-0.4, -0.2) is 31.6 Å². The van der Waals surface area contributed by atoms with E-state index in [-0.39, 0.29) is 0 Å². The van der Waals surface area contributed by atoms with E-state index in [2.05, 4.69) is 0 Å². The topological polar surface area (TPSA) is 80.4 Å². The van der Waals surface area contributed by atoms with E-state index < -0.39 is 27.7 Å². The molecule has 1 aromatic carbocycles. The summed E-state index contributed by atoms with van der Waals surface area (Å²) < 4.78 is 22.8. The summed E-state index contributed by atoms with van der Waals surface area (Å²) in [6.45, 7) is 1.44. The standard InChI is InChI=1S/C11H17NO3S/c1-8-4-3-5-9(6-8)11(12)10(7-13)16(2,14)15/h3-6,10-11,13H,7,12H2,1-2H3/t10-,11-/m1/s1. The zero-order valence-corrected chi connectivity index (χ0v) is 10.2. The minimum Gasteiger partial charge on any atom is -0.395 e. The molecule has 3 N–H and O–H groups in total. The van der Waals surface area contributed by atoms with Crippen molar-refractivity contribution in [2.24, 2.45) is 5.73 Å². The first-order valence-corrected chi connectivity index (χ1v) is 6.93. The van der Waals surface area contributed by atoms with Crippen molar-refractivity contribution in [1.29, 1.82) is 0 Å². The van der Waals surface area contributed by atoms with Gasteiger partial charge >= 0.3 is 0 Å². The highest BCUT2D eigenvalue weighted by atomic mass is 32.2. The molecule has 0 fully saturated rings. The second-order valence-electron chi connectivity index (χ2n) is 3.99. The average molecular weight is 243 g/mol. The fraction of sp³-hybridized carbons (Fsp3) is 0.455. The lowest BCUT2D eigenvalue weighted by molar-refractivity contribution is 0.278. The van der Waals surface area contributed by atoms with Crippen LogP contribution in [0.1, 0.15) is 17.2 Å². The average Bonchev–Trinajstić information content (AvgIpc) is 2.16. The highest BCUT2D eigenvalue weighted by molar-refractivity contribution is 7.91. The van der Waals surface area contributed by atoms with E-state index in [4.69, 9.17) is 10.8 Å². The van der Waals surface area contributed by atoms with Crippen LogP contribution < -0.4 is 5.73 Å². The second kappa shape index (κ2) is 4.95. The van der Waals surface area contributed by atoms with Crippen LogP contribution in [0.3, 0.4) is 0 Å². The Kier molecular flexibility index (Phi) is 4.07. The van der Waals surface area contributed by atoms with Gasteiger partial charge in [-0.2, -0.15) is 0 Å². The molecule has 2 atom stereocenters.